The van der Waals surface area contributed by atoms with Gasteiger partial charge in [0, 0.05) is 28.9 Å². The van der Waals surface area contributed by atoms with Gasteiger partial charge < -0.3 is 5.32 Å². The van der Waals surface area contributed by atoms with Crippen molar-refractivity contribution in [3.05, 3.63) is 39.4 Å². The number of hydrogen-bond donors (Lipinski definition) is 1. The summed E-state index contributed by atoms with van der Waals surface area (Å²) in [6.07, 6.45) is 0. The van der Waals surface area contributed by atoms with Gasteiger partial charge in [0.05, 0.1) is 16.6 Å². The molecule has 0 saturated carbocycles. The Balaban J connectivity index is 2.81. The Morgan fingerprint density at radius 2 is 2.05 bits per heavy atom. The zero-order chi connectivity index (χ0) is 15.3. The molecule has 1 atom stereocenters. The molecule has 1 aromatic carbocycles. The van der Waals surface area contributed by atoms with E-state index < -0.39 is 44.5 Å². The molecule has 110 valence electrons. The molecule has 1 aromatic rings. The first-order valence-electron chi connectivity index (χ1n) is 5.63. The molecule has 0 bridgehead atoms. The first kappa shape index (κ1) is 16.2. The van der Waals surface area contributed by atoms with Gasteiger partial charge >= 0.3 is 5.69 Å². The molecule has 0 spiro atoms. The molecule has 20 heavy (non-hydrogen) atoms. The van der Waals surface area contributed by atoms with Gasteiger partial charge in [0.25, 0.3) is 5.91 Å². The second kappa shape index (κ2) is 7.04. The van der Waals surface area contributed by atoms with Gasteiger partial charge in [-0.2, -0.15) is 4.39 Å². The van der Waals surface area contributed by atoms with Crippen LogP contribution in [0.3, 0.4) is 0 Å². The van der Waals surface area contributed by atoms with E-state index in [1.54, 1.807) is 6.92 Å². The van der Waals surface area contributed by atoms with Crippen molar-refractivity contribution in [2.45, 2.75) is 6.92 Å². The number of hydrogen-bond acceptors (Lipinski definition) is 4. The predicted molar refractivity (Wildman–Crippen MR) is 68.9 cm³/mol. The summed E-state index contributed by atoms with van der Waals surface area (Å²) >= 11 is 0. The minimum Gasteiger partial charge on any atom is -0.351 e. The molecule has 0 fully saturated rings. The van der Waals surface area contributed by atoms with Crippen LogP contribution in [-0.2, 0) is 10.8 Å². The summed E-state index contributed by atoms with van der Waals surface area (Å²) in [6.45, 7) is 1.75. The molecule has 0 aliphatic rings. The Morgan fingerprint density at radius 1 is 1.40 bits per heavy atom. The smallest absolute Gasteiger partial charge is 0.307 e. The number of carbonyl (C=O) groups excluding carboxylic acids is 1. The Bertz CT molecular complexity index is 566. The van der Waals surface area contributed by atoms with Crippen LogP contribution < -0.4 is 5.32 Å². The van der Waals surface area contributed by atoms with Crippen LogP contribution in [0.15, 0.2) is 12.1 Å². The van der Waals surface area contributed by atoms with E-state index in [4.69, 9.17) is 0 Å². The van der Waals surface area contributed by atoms with Crippen molar-refractivity contribution < 1.29 is 22.7 Å². The maximum absolute atomic E-state index is 13.5. The van der Waals surface area contributed by atoms with Gasteiger partial charge in [-0.3, -0.25) is 19.1 Å². The quantitative estimate of drug-likeness (QED) is 0.635. The normalized spacial score (nSPS) is 11.9. The summed E-state index contributed by atoms with van der Waals surface area (Å²) in [4.78, 5) is 20.9. The molecule has 6 nitrogen and oxygen atoms in total. The van der Waals surface area contributed by atoms with Crippen LogP contribution in [0.25, 0.3) is 0 Å². The Morgan fingerprint density at radius 3 is 2.60 bits per heavy atom. The van der Waals surface area contributed by atoms with Crippen LogP contribution in [0.2, 0.25) is 0 Å². The molecule has 0 radical (unpaired) electrons. The standard InChI is InChI=1S/C11H12F2N2O4S/c1-2-20(19)4-3-14-11(16)7-5-9(13)10(15(17)18)6-8(7)12/h5-6H,2-4H2,1H3,(H,14,16). The molecule has 9 heteroatoms. The first-order valence-corrected chi connectivity index (χ1v) is 7.12. The molecule has 0 saturated heterocycles. The van der Waals surface area contributed by atoms with Gasteiger partial charge in [-0.05, 0) is 6.07 Å². The summed E-state index contributed by atoms with van der Waals surface area (Å²) in [5.74, 6) is -2.77. The second-order valence-electron chi connectivity index (χ2n) is 3.73. The van der Waals surface area contributed by atoms with Gasteiger partial charge in [0.2, 0.25) is 5.82 Å². The number of nitrogens with one attached hydrogen (secondary N) is 1. The third-order valence-corrected chi connectivity index (χ3v) is 3.72. The molecule has 1 rings (SSSR count). The van der Waals surface area contributed by atoms with Crippen molar-refractivity contribution in [1.82, 2.24) is 5.32 Å². The van der Waals surface area contributed by atoms with Gasteiger partial charge in [0.15, 0.2) is 0 Å². The van der Waals surface area contributed by atoms with E-state index >= 15 is 0 Å². The highest BCUT2D eigenvalue weighted by atomic mass is 32.2. The lowest BCUT2D eigenvalue weighted by atomic mass is 10.1. The number of rotatable bonds is 6. The Hall–Kier alpha value is -1.90. The SMILES string of the molecule is CCS(=O)CCNC(=O)c1cc(F)c([N+](=O)[O-])cc1F. The number of benzene rings is 1. The highest BCUT2D eigenvalue weighted by molar-refractivity contribution is 7.84. The van der Waals surface area contributed by atoms with Gasteiger partial charge in [-0.15, -0.1) is 0 Å². The molecule has 0 heterocycles. The third-order valence-electron chi connectivity index (χ3n) is 2.42. The molecule has 0 aliphatic carbocycles. The summed E-state index contributed by atoms with van der Waals surface area (Å²) in [5.41, 5.74) is -1.67. The van der Waals surface area contributed by atoms with Crippen molar-refractivity contribution in [3.63, 3.8) is 0 Å². The molecular formula is C11H12F2N2O4S. The van der Waals surface area contributed by atoms with Crippen LogP contribution >= 0.6 is 0 Å². The number of nitrogens with zero attached hydrogens (tertiary/aromatic N) is 1. The van der Waals surface area contributed by atoms with E-state index in [-0.39, 0.29) is 12.3 Å². The van der Waals surface area contributed by atoms with Crippen LogP contribution in [-0.4, -0.2) is 33.1 Å². The van der Waals surface area contributed by atoms with Gasteiger partial charge in [0.1, 0.15) is 5.82 Å². The van der Waals surface area contributed by atoms with E-state index in [0.29, 0.717) is 17.9 Å². The topological polar surface area (TPSA) is 89.3 Å². The van der Waals surface area contributed by atoms with E-state index in [0.717, 1.165) is 0 Å². The second-order valence-corrected chi connectivity index (χ2v) is 5.59. The number of nitro benzene ring substituents is 1. The minimum atomic E-state index is -1.29. The average Bonchev–Trinajstić information content (AvgIpc) is 2.40. The van der Waals surface area contributed by atoms with E-state index in [1.165, 1.54) is 0 Å². The summed E-state index contributed by atoms with van der Waals surface area (Å²) in [7, 11) is -1.09. The fourth-order valence-electron chi connectivity index (χ4n) is 1.37. The first-order chi connectivity index (χ1) is 9.36. The van der Waals surface area contributed by atoms with Crippen LogP contribution in [0, 0.1) is 21.7 Å². The Labute approximate surface area is 115 Å². The van der Waals surface area contributed by atoms with Crippen LogP contribution in [0.1, 0.15) is 17.3 Å². The molecule has 1 amide bonds. The van der Waals surface area contributed by atoms with E-state index in [2.05, 4.69) is 5.32 Å². The maximum atomic E-state index is 13.5. The predicted octanol–water partition coefficient (Wildman–Crippen LogP) is 1.37. The number of nitro groups is 1. The fraction of sp³-hybridized carbons (Fsp3) is 0.364. The number of amides is 1. The average molecular weight is 306 g/mol. The van der Waals surface area contributed by atoms with Crippen LogP contribution in [0.4, 0.5) is 14.5 Å². The lowest BCUT2D eigenvalue weighted by Gasteiger charge is -2.06. The summed E-state index contributed by atoms with van der Waals surface area (Å²) in [5, 5.41) is 12.7. The van der Waals surface area contributed by atoms with Crippen molar-refractivity contribution in [3.8, 4) is 0 Å². The highest BCUT2D eigenvalue weighted by Gasteiger charge is 2.21. The third kappa shape index (κ3) is 4.05. The van der Waals surface area contributed by atoms with Gasteiger partial charge in [-0.1, -0.05) is 6.92 Å². The van der Waals surface area contributed by atoms with Gasteiger partial charge in [-0.25, -0.2) is 4.39 Å². The minimum absolute atomic E-state index is 0.0390. The number of carbonyl (C=O) groups is 1. The van der Waals surface area contributed by atoms with E-state index in [1.807, 2.05) is 0 Å². The monoisotopic (exact) mass is 306 g/mol. The number of halogens is 2. The molecule has 0 aromatic heterocycles. The Kier molecular flexibility index (Phi) is 5.68. The van der Waals surface area contributed by atoms with Crippen molar-refractivity contribution >= 4 is 22.4 Å². The zero-order valence-electron chi connectivity index (χ0n) is 10.5. The fourth-order valence-corrected chi connectivity index (χ4v) is 1.99. The lowest BCUT2D eigenvalue weighted by molar-refractivity contribution is -0.387. The van der Waals surface area contributed by atoms with Crippen LogP contribution in [0.5, 0.6) is 0 Å². The van der Waals surface area contributed by atoms with Crippen molar-refractivity contribution in [2.24, 2.45) is 0 Å². The molecule has 1 N–H and O–H groups in total. The van der Waals surface area contributed by atoms with E-state index in [9.17, 15) is 27.9 Å². The lowest BCUT2D eigenvalue weighted by Crippen LogP contribution is -2.28. The molecular weight excluding hydrogens is 294 g/mol. The highest BCUT2D eigenvalue weighted by Crippen LogP contribution is 2.21. The largest absolute Gasteiger partial charge is 0.351 e. The molecule has 0 aliphatic heterocycles. The molecule has 1 unspecified atom stereocenters. The summed E-state index contributed by atoms with van der Waals surface area (Å²) in [6, 6.07) is 0.827. The van der Waals surface area contributed by atoms with Crippen molar-refractivity contribution in [1.29, 1.82) is 0 Å². The zero-order valence-corrected chi connectivity index (χ0v) is 11.3. The summed E-state index contributed by atoms with van der Waals surface area (Å²) < 4.78 is 37.9. The maximum Gasteiger partial charge on any atom is 0.307 e. The van der Waals surface area contributed by atoms with Crippen molar-refractivity contribution in [2.75, 3.05) is 18.1 Å².